The van der Waals surface area contributed by atoms with Crippen molar-refractivity contribution in [3.63, 3.8) is 0 Å². The van der Waals surface area contributed by atoms with Crippen molar-refractivity contribution in [3.05, 3.63) is 36.2 Å². The number of nitrogens with zero attached hydrogens (tertiary/aromatic N) is 1. The van der Waals surface area contributed by atoms with Crippen LogP contribution in [0.25, 0.3) is 5.57 Å². The molecule has 2 rings (SSSR count). The molecule has 0 aliphatic carbocycles. The maximum absolute atomic E-state index is 13.6. The monoisotopic (exact) mass is 235 g/mol. The van der Waals surface area contributed by atoms with E-state index in [-0.39, 0.29) is 11.9 Å². The largest absolute Gasteiger partial charge is 0.375 e. The minimum atomic E-state index is -0.206. The second kappa shape index (κ2) is 4.88. The number of anilines is 1. The summed E-state index contributed by atoms with van der Waals surface area (Å²) in [5.74, 6) is -0.206. The zero-order chi connectivity index (χ0) is 12.4. The Morgan fingerprint density at radius 3 is 2.94 bits per heavy atom. The first kappa shape index (κ1) is 12.1. The molecular formula is C14H18FNO. The van der Waals surface area contributed by atoms with Crippen LogP contribution in [-0.2, 0) is 4.74 Å². The number of hydrogen-bond donors (Lipinski definition) is 0. The van der Waals surface area contributed by atoms with E-state index in [9.17, 15) is 4.39 Å². The van der Waals surface area contributed by atoms with Gasteiger partial charge in [-0.3, -0.25) is 0 Å². The Kier molecular flexibility index (Phi) is 3.48. The molecule has 0 aromatic heterocycles. The average molecular weight is 235 g/mol. The molecule has 0 spiro atoms. The van der Waals surface area contributed by atoms with E-state index in [0.717, 1.165) is 31.0 Å². The molecular weight excluding hydrogens is 217 g/mol. The van der Waals surface area contributed by atoms with Crippen LogP contribution in [0.4, 0.5) is 10.1 Å². The molecule has 92 valence electrons. The highest BCUT2D eigenvalue weighted by atomic mass is 19.1. The Balaban J connectivity index is 2.26. The lowest BCUT2D eigenvalue weighted by Crippen LogP contribution is -2.41. The molecule has 1 aromatic carbocycles. The Labute approximate surface area is 102 Å². The number of halogens is 1. The summed E-state index contributed by atoms with van der Waals surface area (Å²) in [6.07, 6.45) is 0.224. The highest BCUT2D eigenvalue weighted by Crippen LogP contribution is 2.24. The first-order valence-electron chi connectivity index (χ1n) is 5.90. The van der Waals surface area contributed by atoms with Crippen LogP contribution in [0, 0.1) is 5.82 Å². The summed E-state index contributed by atoms with van der Waals surface area (Å²) in [4.78, 5) is 2.22. The van der Waals surface area contributed by atoms with Gasteiger partial charge in [-0.1, -0.05) is 6.58 Å². The van der Waals surface area contributed by atoms with E-state index < -0.39 is 0 Å². The smallest absolute Gasteiger partial charge is 0.130 e. The summed E-state index contributed by atoms with van der Waals surface area (Å²) >= 11 is 0. The second-order valence-corrected chi connectivity index (χ2v) is 4.57. The van der Waals surface area contributed by atoms with Gasteiger partial charge in [0.1, 0.15) is 5.82 Å². The molecule has 1 fully saturated rings. The van der Waals surface area contributed by atoms with E-state index in [1.165, 1.54) is 6.07 Å². The molecule has 17 heavy (non-hydrogen) atoms. The third kappa shape index (κ3) is 2.67. The molecule has 1 aliphatic heterocycles. The zero-order valence-corrected chi connectivity index (χ0v) is 10.4. The number of morpholine rings is 1. The zero-order valence-electron chi connectivity index (χ0n) is 10.4. The topological polar surface area (TPSA) is 12.5 Å². The maximum atomic E-state index is 13.6. The van der Waals surface area contributed by atoms with E-state index >= 15 is 0 Å². The Morgan fingerprint density at radius 2 is 2.29 bits per heavy atom. The predicted molar refractivity (Wildman–Crippen MR) is 68.7 cm³/mol. The Bertz CT molecular complexity index is 430. The van der Waals surface area contributed by atoms with Crippen molar-refractivity contribution >= 4 is 11.3 Å². The van der Waals surface area contributed by atoms with E-state index in [4.69, 9.17) is 4.74 Å². The molecule has 0 amide bonds. The van der Waals surface area contributed by atoms with Crippen LogP contribution in [-0.4, -0.2) is 25.8 Å². The molecule has 3 heteroatoms. The summed E-state index contributed by atoms with van der Waals surface area (Å²) in [7, 11) is 0. The quantitative estimate of drug-likeness (QED) is 0.781. The molecule has 0 bridgehead atoms. The molecule has 1 aliphatic rings. The van der Waals surface area contributed by atoms with Crippen LogP contribution in [0.1, 0.15) is 19.4 Å². The van der Waals surface area contributed by atoms with Gasteiger partial charge in [0, 0.05) is 24.3 Å². The van der Waals surface area contributed by atoms with Gasteiger partial charge in [0.05, 0.1) is 12.7 Å². The third-order valence-corrected chi connectivity index (χ3v) is 3.02. The first-order chi connectivity index (χ1) is 8.08. The normalized spacial score (nSPS) is 20.4. The predicted octanol–water partition coefficient (Wildman–Crippen LogP) is 3.08. The lowest BCUT2D eigenvalue weighted by Gasteiger charge is -2.33. The van der Waals surface area contributed by atoms with Gasteiger partial charge in [-0.15, -0.1) is 0 Å². The Morgan fingerprint density at radius 1 is 1.53 bits per heavy atom. The lowest BCUT2D eigenvalue weighted by atomic mass is 10.1. The summed E-state index contributed by atoms with van der Waals surface area (Å²) in [6, 6.07) is 5.20. The number of hydrogen-bond acceptors (Lipinski definition) is 2. The number of ether oxygens (including phenoxy) is 1. The lowest BCUT2D eigenvalue weighted by molar-refractivity contribution is 0.0532. The van der Waals surface area contributed by atoms with Gasteiger partial charge in [0.2, 0.25) is 0 Å². The molecule has 0 N–H and O–H groups in total. The van der Waals surface area contributed by atoms with Crippen LogP contribution in [0.5, 0.6) is 0 Å². The molecule has 0 saturated carbocycles. The highest BCUT2D eigenvalue weighted by Gasteiger charge is 2.17. The van der Waals surface area contributed by atoms with Crippen molar-refractivity contribution in [2.24, 2.45) is 0 Å². The van der Waals surface area contributed by atoms with Crippen LogP contribution >= 0.6 is 0 Å². The molecule has 1 unspecified atom stereocenters. The number of benzene rings is 1. The van der Waals surface area contributed by atoms with Gasteiger partial charge in [0.15, 0.2) is 0 Å². The highest BCUT2D eigenvalue weighted by molar-refractivity contribution is 5.66. The van der Waals surface area contributed by atoms with Gasteiger partial charge in [-0.2, -0.15) is 0 Å². The average Bonchev–Trinajstić information content (AvgIpc) is 2.29. The van der Waals surface area contributed by atoms with Crippen molar-refractivity contribution in [3.8, 4) is 0 Å². The summed E-state index contributed by atoms with van der Waals surface area (Å²) in [6.45, 7) is 10.1. The molecule has 2 nitrogen and oxygen atoms in total. The molecule has 1 atom stereocenters. The van der Waals surface area contributed by atoms with Crippen molar-refractivity contribution in [2.45, 2.75) is 20.0 Å². The fourth-order valence-corrected chi connectivity index (χ4v) is 2.09. The van der Waals surface area contributed by atoms with E-state index in [0.29, 0.717) is 5.56 Å². The summed E-state index contributed by atoms with van der Waals surface area (Å²) in [5, 5.41) is 0. The van der Waals surface area contributed by atoms with Crippen LogP contribution in [0.3, 0.4) is 0 Å². The van der Waals surface area contributed by atoms with Crippen LogP contribution < -0.4 is 4.90 Å². The fourth-order valence-electron chi connectivity index (χ4n) is 2.09. The SMILES string of the molecule is C=C(C)c1cc(N2CCOC(C)C2)ccc1F. The summed E-state index contributed by atoms with van der Waals surface area (Å²) in [5.41, 5.74) is 2.40. The van der Waals surface area contributed by atoms with Gasteiger partial charge < -0.3 is 9.64 Å². The minimum Gasteiger partial charge on any atom is -0.375 e. The second-order valence-electron chi connectivity index (χ2n) is 4.57. The molecule has 0 radical (unpaired) electrons. The van der Waals surface area contributed by atoms with Crippen LogP contribution in [0.15, 0.2) is 24.8 Å². The van der Waals surface area contributed by atoms with Crippen molar-refractivity contribution in [2.75, 3.05) is 24.6 Å². The number of rotatable bonds is 2. The fraction of sp³-hybridized carbons (Fsp3) is 0.429. The van der Waals surface area contributed by atoms with E-state index in [1.807, 2.05) is 19.1 Å². The molecule has 1 heterocycles. The van der Waals surface area contributed by atoms with Gasteiger partial charge in [-0.25, -0.2) is 4.39 Å². The molecule has 1 saturated heterocycles. The standard InChI is InChI=1S/C14H18FNO/c1-10(2)13-8-12(4-5-14(13)15)16-6-7-17-11(3)9-16/h4-5,8,11H,1,6-7,9H2,2-3H3. The summed E-state index contributed by atoms with van der Waals surface area (Å²) < 4.78 is 19.1. The third-order valence-electron chi connectivity index (χ3n) is 3.02. The van der Waals surface area contributed by atoms with Crippen molar-refractivity contribution in [1.29, 1.82) is 0 Å². The van der Waals surface area contributed by atoms with Crippen LogP contribution in [0.2, 0.25) is 0 Å². The first-order valence-corrected chi connectivity index (χ1v) is 5.90. The van der Waals surface area contributed by atoms with Gasteiger partial charge in [-0.05, 0) is 37.6 Å². The van der Waals surface area contributed by atoms with Gasteiger partial charge >= 0.3 is 0 Å². The maximum Gasteiger partial charge on any atom is 0.130 e. The minimum absolute atomic E-state index is 0.206. The van der Waals surface area contributed by atoms with E-state index in [2.05, 4.69) is 18.4 Å². The number of allylic oxidation sites excluding steroid dienone is 1. The van der Waals surface area contributed by atoms with E-state index in [1.54, 1.807) is 0 Å². The molecule has 1 aromatic rings. The van der Waals surface area contributed by atoms with Crippen molar-refractivity contribution in [1.82, 2.24) is 0 Å². The Hall–Kier alpha value is -1.35. The van der Waals surface area contributed by atoms with Crippen molar-refractivity contribution < 1.29 is 9.13 Å². The van der Waals surface area contributed by atoms with Gasteiger partial charge in [0.25, 0.3) is 0 Å².